The summed E-state index contributed by atoms with van der Waals surface area (Å²) in [4.78, 5) is 40.4. The van der Waals surface area contributed by atoms with Crippen LogP contribution in [0.4, 0.5) is 4.79 Å². The van der Waals surface area contributed by atoms with Crippen molar-refractivity contribution in [3.63, 3.8) is 0 Å². The molecule has 2 rings (SSSR count). The van der Waals surface area contributed by atoms with Crippen LogP contribution >= 0.6 is 11.8 Å². The Hall–Kier alpha value is -1.97. The summed E-state index contributed by atoms with van der Waals surface area (Å²) in [7, 11) is 0. The SMILES string of the molecule is CCOC(=O)N[C@@H](C(=O)N1CCC[C@H]1C(=O)NCC1CCC(C(=N)N)CC1)C(C)(C)SCC. The molecule has 188 valence electrons. The number of likely N-dealkylation sites (tertiary alicyclic amines) is 1. The Kier molecular flexibility index (Phi) is 10.3. The van der Waals surface area contributed by atoms with Crippen LogP contribution in [0.15, 0.2) is 0 Å². The Morgan fingerprint density at radius 3 is 2.42 bits per heavy atom. The fourth-order valence-corrected chi connectivity index (χ4v) is 5.86. The van der Waals surface area contributed by atoms with Crippen LogP contribution in [0.3, 0.4) is 0 Å². The fourth-order valence-electron chi connectivity index (χ4n) is 4.79. The molecule has 0 aromatic heterocycles. The van der Waals surface area contributed by atoms with Crippen LogP contribution in [0, 0.1) is 17.2 Å². The van der Waals surface area contributed by atoms with Gasteiger partial charge in [-0.2, -0.15) is 11.8 Å². The largest absolute Gasteiger partial charge is 0.450 e. The van der Waals surface area contributed by atoms with Gasteiger partial charge in [0.1, 0.15) is 12.1 Å². The van der Waals surface area contributed by atoms with Crippen molar-refractivity contribution in [3.8, 4) is 0 Å². The molecule has 3 amide bonds. The van der Waals surface area contributed by atoms with Crippen LogP contribution in [0.1, 0.15) is 66.2 Å². The minimum atomic E-state index is -0.795. The smallest absolute Gasteiger partial charge is 0.407 e. The number of amides is 3. The van der Waals surface area contributed by atoms with E-state index in [1.807, 2.05) is 20.8 Å². The van der Waals surface area contributed by atoms with E-state index in [4.69, 9.17) is 15.9 Å². The number of rotatable bonds is 10. The van der Waals surface area contributed by atoms with E-state index in [1.165, 1.54) is 0 Å². The standard InChI is InChI=1S/C23H41N5O4S/c1-5-32-22(31)27-18(23(3,4)33-6-2)21(30)28-13-7-8-17(28)20(29)26-14-15-9-11-16(12-10-15)19(24)25/h15-18H,5-14H2,1-4H3,(H3,24,25)(H,26,29)(H,27,31)/t15?,16?,17-,18-/m0/s1. The molecule has 5 N–H and O–H groups in total. The molecule has 1 aliphatic heterocycles. The minimum Gasteiger partial charge on any atom is -0.450 e. The van der Waals surface area contributed by atoms with Crippen molar-refractivity contribution in [3.05, 3.63) is 0 Å². The molecule has 0 aromatic rings. The third-order valence-corrected chi connectivity index (χ3v) is 7.95. The maximum Gasteiger partial charge on any atom is 0.407 e. The lowest BCUT2D eigenvalue weighted by Gasteiger charge is -2.37. The highest BCUT2D eigenvalue weighted by molar-refractivity contribution is 8.00. The van der Waals surface area contributed by atoms with Crippen molar-refractivity contribution < 1.29 is 19.1 Å². The highest BCUT2D eigenvalue weighted by atomic mass is 32.2. The molecule has 1 aliphatic carbocycles. The highest BCUT2D eigenvalue weighted by Crippen LogP contribution is 2.31. The van der Waals surface area contributed by atoms with Gasteiger partial charge in [-0.05, 0) is 71.0 Å². The first-order valence-electron chi connectivity index (χ1n) is 12.1. The normalized spacial score (nSPS) is 24.1. The molecular weight excluding hydrogens is 442 g/mol. The van der Waals surface area contributed by atoms with Gasteiger partial charge < -0.3 is 26.0 Å². The summed E-state index contributed by atoms with van der Waals surface area (Å²) in [5, 5.41) is 13.4. The molecule has 1 saturated heterocycles. The third kappa shape index (κ3) is 7.52. The van der Waals surface area contributed by atoms with Crippen LogP contribution in [0.25, 0.3) is 0 Å². The van der Waals surface area contributed by atoms with Gasteiger partial charge in [-0.3, -0.25) is 15.0 Å². The minimum absolute atomic E-state index is 0.134. The summed E-state index contributed by atoms with van der Waals surface area (Å²) in [6.45, 7) is 8.87. The number of hydrogen-bond acceptors (Lipinski definition) is 6. The maximum absolute atomic E-state index is 13.6. The van der Waals surface area contributed by atoms with Gasteiger partial charge in [0, 0.05) is 23.8 Å². The number of alkyl carbamates (subject to hydrolysis) is 1. The Balaban J connectivity index is 2.01. The van der Waals surface area contributed by atoms with Gasteiger partial charge in [0.05, 0.1) is 12.4 Å². The Morgan fingerprint density at radius 1 is 1.18 bits per heavy atom. The second-order valence-corrected chi connectivity index (χ2v) is 11.4. The number of ether oxygens (including phenoxy) is 1. The monoisotopic (exact) mass is 483 g/mol. The highest BCUT2D eigenvalue weighted by Gasteiger charge is 2.44. The predicted molar refractivity (Wildman–Crippen MR) is 131 cm³/mol. The number of hydrogen-bond donors (Lipinski definition) is 4. The van der Waals surface area contributed by atoms with Crippen LogP contribution in [-0.2, 0) is 14.3 Å². The van der Waals surface area contributed by atoms with Crippen molar-refractivity contribution in [2.24, 2.45) is 17.6 Å². The topological polar surface area (TPSA) is 138 Å². The quantitative estimate of drug-likeness (QED) is 0.278. The molecule has 9 nitrogen and oxygen atoms in total. The number of amidine groups is 1. The fraction of sp³-hybridized carbons (Fsp3) is 0.826. The third-order valence-electron chi connectivity index (χ3n) is 6.69. The molecule has 2 fully saturated rings. The van der Waals surface area contributed by atoms with Crippen LogP contribution in [-0.4, -0.2) is 70.9 Å². The summed E-state index contributed by atoms with van der Waals surface area (Å²) in [6.07, 6.45) is 4.38. The zero-order valence-corrected chi connectivity index (χ0v) is 21.3. The summed E-state index contributed by atoms with van der Waals surface area (Å²) >= 11 is 1.59. The van der Waals surface area contributed by atoms with Crippen LogP contribution in [0.2, 0.25) is 0 Å². The molecule has 0 bridgehead atoms. The number of nitrogens with zero attached hydrogens (tertiary/aromatic N) is 1. The second-order valence-electron chi connectivity index (χ2n) is 9.44. The van der Waals surface area contributed by atoms with Crippen molar-refractivity contribution >= 4 is 35.5 Å². The maximum atomic E-state index is 13.6. The molecule has 0 aromatic carbocycles. The first-order valence-corrected chi connectivity index (χ1v) is 13.1. The molecule has 0 radical (unpaired) electrons. The molecule has 2 aliphatic rings. The Bertz CT molecular complexity index is 709. The average Bonchev–Trinajstić information content (AvgIpc) is 3.26. The van der Waals surface area contributed by atoms with Crippen molar-refractivity contribution in [2.45, 2.75) is 83.1 Å². The zero-order chi connectivity index (χ0) is 24.6. The van der Waals surface area contributed by atoms with Crippen molar-refractivity contribution in [2.75, 3.05) is 25.4 Å². The van der Waals surface area contributed by atoms with Gasteiger partial charge in [0.25, 0.3) is 0 Å². The number of carbonyl (C=O) groups excluding carboxylic acids is 3. The molecule has 1 heterocycles. The van der Waals surface area contributed by atoms with Crippen molar-refractivity contribution in [1.29, 1.82) is 5.41 Å². The summed E-state index contributed by atoms with van der Waals surface area (Å²) in [5.74, 6) is 1.20. The van der Waals surface area contributed by atoms with E-state index in [9.17, 15) is 14.4 Å². The van der Waals surface area contributed by atoms with Gasteiger partial charge >= 0.3 is 6.09 Å². The van der Waals surface area contributed by atoms with E-state index >= 15 is 0 Å². The number of nitrogens with two attached hydrogens (primary N) is 1. The van der Waals surface area contributed by atoms with Gasteiger partial charge in [0.2, 0.25) is 11.8 Å². The predicted octanol–water partition coefficient (Wildman–Crippen LogP) is 2.48. The summed E-state index contributed by atoms with van der Waals surface area (Å²) < 4.78 is 4.47. The lowest BCUT2D eigenvalue weighted by Crippen LogP contribution is -2.60. The molecule has 10 heteroatoms. The lowest BCUT2D eigenvalue weighted by atomic mass is 9.81. The van der Waals surface area contributed by atoms with Crippen LogP contribution in [0.5, 0.6) is 0 Å². The van der Waals surface area contributed by atoms with Gasteiger partial charge in [0.15, 0.2) is 0 Å². The lowest BCUT2D eigenvalue weighted by molar-refractivity contribution is -0.140. The van der Waals surface area contributed by atoms with E-state index in [0.29, 0.717) is 25.4 Å². The molecule has 33 heavy (non-hydrogen) atoms. The van der Waals surface area contributed by atoms with E-state index in [2.05, 4.69) is 10.6 Å². The number of thioether (sulfide) groups is 1. The van der Waals surface area contributed by atoms with Gasteiger partial charge in [-0.1, -0.05) is 6.92 Å². The van der Waals surface area contributed by atoms with Crippen molar-refractivity contribution in [1.82, 2.24) is 15.5 Å². The Morgan fingerprint density at radius 2 is 1.85 bits per heavy atom. The van der Waals surface area contributed by atoms with E-state index < -0.39 is 22.9 Å². The molecular formula is C23H41N5O4S. The summed E-state index contributed by atoms with van der Waals surface area (Å²) in [5.41, 5.74) is 5.62. The van der Waals surface area contributed by atoms with E-state index in [-0.39, 0.29) is 30.2 Å². The van der Waals surface area contributed by atoms with Gasteiger partial charge in [-0.15, -0.1) is 0 Å². The molecule has 2 atom stereocenters. The van der Waals surface area contributed by atoms with Crippen LogP contribution < -0.4 is 16.4 Å². The molecule has 1 saturated carbocycles. The molecule has 0 spiro atoms. The average molecular weight is 484 g/mol. The van der Waals surface area contributed by atoms with E-state index in [0.717, 1.165) is 37.9 Å². The summed E-state index contributed by atoms with van der Waals surface area (Å²) in [6, 6.07) is -1.32. The first kappa shape index (κ1) is 27.3. The molecule has 0 unspecified atom stereocenters. The van der Waals surface area contributed by atoms with E-state index in [1.54, 1.807) is 23.6 Å². The Labute approximate surface area is 201 Å². The zero-order valence-electron chi connectivity index (χ0n) is 20.4. The first-order chi connectivity index (χ1) is 15.6. The second kappa shape index (κ2) is 12.5. The number of carbonyl (C=O) groups is 3. The number of nitrogens with one attached hydrogen (secondary N) is 3. The van der Waals surface area contributed by atoms with Gasteiger partial charge in [-0.25, -0.2) is 4.79 Å².